The monoisotopic (exact) mass is 528 g/mol. The molecule has 2 aliphatic rings. The highest BCUT2D eigenvalue weighted by Gasteiger charge is 2.23. The second-order valence-electron chi connectivity index (χ2n) is 10.1. The van der Waals surface area contributed by atoms with Gasteiger partial charge < -0.3 is 53.2 Å². The molecule has 0 aromatic rings. The van der Waals surface area contributed by atoms with E-state index in [0.717, 1.165) is 137 Å². The number of hydrogen-bond donors (Lipinski definition) is 10. The molecule has 37 heavy (non-hydrogen) atoms. The Kier molecular flexibility index (Phi) is 22.9. The highest BCUT2D eigenvalue weighted by molar-refractivity contribution is 4.81. The molecule has 2 fully saturated rings. The summed E-state index contributed by atoms with van der Waals surface area (Å²) in [5.74, 6) is 0. The van der Waals surface area contributed by atoms with Crippen LogP contribution in [0, 0.1) is 0 Å². The fourth-order valence-corrected chi connectivity index (χ4v) is 4.79. The Morgan fingerprint density at radius 2 is 0.676 bits per heavy atom. The van der Waals surface area contributed by atoms with Gasteiger partial charge in [-0.05, 0) is 38.9 Å². The first-order valence-electron chi connectivity index (χ1n) is 15.3. The lowest BCUT2D eigenvalue weighted by molar-refractivity contribution is 0.248. The van der Waals surface area contributed by atoms with E-state index in [9.17, 15) is 0 Å². The van der Waals surface area contributed by atoms with Crippen LogP contribution in [0.15, 0.2) is 0 Å². The largest absolute Gasteiger partial charge is 0.315 e. The van der Waals surface area contributed by atoms with E-state index in [4.69, 9.17) is 0 Å². The molecule has 0 saturated carbocycles. The van der Waals surface area contributed by atoms with Crippen LogP contribution in [0.4, 0.5) is 0 Å². The third kappa shape index (κ3) is 20.2. The van der Waals surface area contributed by atoms with E-state index in [-0.39, 0.29) is 0 Å². The van der Waals surface area contributed by atoms with Crippen molar-refractivity contribution in [2.75, 3.05) is 144 Å². The van der Waals surface area contributed by atoms with Crippen molar-refractivity contribution in [3.63, 3.8) is 0 Å². The summed E-state index contributed by atoms with van der Waals surface area (Å²) in [7, 11) is 0. The van der Waals surface area contributed by atoms with Gasteiger partial charge >= 0.3 is 0 Å². The molecule has 2 heterocycles. The summed E-state index contributed by atoms with van der Waals surface area (Å²) in [4.78, 5) is 2.66. The lowest BCUT2D eigenvalue weighted by atomic mass is 10.2. The molecule has 0 aromatic heterocycles. The zero-order valence-corrected chi connectivity index (χ0v) is 23.7. The normalized spacial score (nSPS) is 27.1. The predicted octanol–water partition coefficient (Wildman–Crippen LogP) is -3.25. The Bertz CT molecular complexity index is 432. The molecule has 0 spiro atoms. The number of hydrogen-bond acceptors (Lipinski definition) is 11. The fourth-order valence-electron chi connectivity index (χ4n) is 4.79. The van der Waals surface area contributed by atoms with Gasteiger partial charge in [-0.15, -0.1) is 0 Å². The Morgan fingerprint density at radius 1 is 0.324 bits per heavy atom. The Labute approximate surface area is 227 Å². The van der Waals surface area contributed by atoms with Gasteiger partial charge in [-0.2, -0.15) is 0 Å². The number of nitrogens with zero attached hydrogens (tertiary/aromatic N) is 1. The molecule has 11 heteroatoms. The van der Waals surface area contributed by atoms with Crippen LogP contribution in [0.1, 0.15) is 19.3 Å². The highest BCUT2D eigenvalue weighted by atomic mass is 15.2. The first-order valence-corrected chi connectivity index (χ1v) is 15.3. The minimum Gasteiger partial charge on any atom is -0.315 e. The molecule has 220 valence electrons. The van der Waals surface area contributed by atoms with Crippen molar-refractivity contribution in [1.82, 2.24) is 58.1 Å². The first-order chi connectivity index (χ1) is 18.5. The number of rotatable bonds is 0. The minimum atomic E-state index is 0.699. The molecule has 0 bridgehead atoms. The Hall–Kier alpha value is -0.440. The molecule has 1 atom stereocenters. The molecule has 0 aliphatic carbocycles. The van der Waals surface area contributed by atoms with Gasteiger partial charge in [0, 0.05) is 130 Å². The van der Waals surface area contributed by atoms with E-state index in [1.807, 2.05) is 0 Å². The third-order valence-corrected chi connectivity index (χ3v) is 6.99. The van der Waals surface area contributed by atoms with Gasteiger partial charge in [0.25, 0.3) is 0 Å². The highest BCUT2D eigenvalue weighted by Crippen LogP contribution is 2.15. The molecule has 0 amide bonds. The van der Waals surface area contributed by atoms with Gasteiger partial charge in [0.15, 0.2) is 0 Å². The van der Waals surface area contributed by atoms with Crippen LogP contribution < -0.4 is 53.2 Å². The van der Waals surface area contributed by atoms with Crippen molar-refractivity contribution in [2.45, 2.75) is 25.3 Å². The van der Waals surface area contributed by atoms with E-state index >= 15 is 0 Å². The summed E-state index contributed by atoms with van der Waals surface area (Å²) in [5.41, 5.74) is 0. The topological polar surface area (TPSA) is 124 Å². The lowest BCUT2D eigenvalue weighted by Crippen LogP contribution is -2.43. The molecule has 0 radical (unpaired) electrons. The summed E-state index contributed by atoms with van der Waals surface area (Å²) in [6.07, 6.45) is 3.84. The summed E-state index contributed by atoms with van der Waals surface area (Å²) >= 11 is 0. The molecular formula is C26H61N11. The molecule has 1 unspecified atom stereocenters. The SMILES string of the molecule is C1CNCCNCCNCCNCCNCCNCCN2CCCC2CNCCNCCNCCNC1. The van der Waals surface area contributed by atoms with Crippen molar-refractivity contribution in [3.05, 3.63) is 0 Å². The van der Waals surface area contributed by atoms with Crippen LogP contribution >= 0.6 is 0 Å². The summed E-state index contributed by atoms with van der Waals surface area (Å²) in [5, 5.41) is 35.4. The zero-order chi connectivity index (χ0) is 25.9. The van der Waals surface area contributed by atoms with E-state index < -0.39 is 0 Å². The quantitative estimate of drug-likeness (QED) is 0.156. The molecule has 10 N–H and O–H groups in total. The Balaban J connectivity index is 1.51. The molecular weight excluding hydrogens is 466 g/mol. The van der Waals surface area contributed by atoms with E-state index in [0.29, 0.717) is 6.04 Å². The second kappa shape index (κ2) is 25.8. The molecule has 2 saturated heterocycles. The van der Waals surface area contributed by atoms with Crippen molar-refractivity contribution in [3.8, 4) is 0 Å². The molecule has 2 aliphatic heterocycles. The average Bonchev–Trinajstić information content (AvgIpc) is 3.36. The fraction of sp³-hybridized carbons (Fsp3) is 1.00. The maximum absolute atomic E-state index is 3.67. The van der Waals surface area contributed by atoms with Gasteiger partial charge in [0.1, 0.15) is 0 Å². The van der Waals surface area contributed by atoms with E-state index in [1.54, 1.807) is 0 Å². The number of fused-ring (bicyclic) bond motifs is 1. The molecule has 11 nitrogen and oxygen atoms in total. The smallest absolute Gasteiger partial charge is 0.0221 e. The standard InChI is InChI=1S/C26H61N11/c1-3-26-25-36-21-20-34-17-16-30-9-7-28-5-2-4-27-6-8-29-10-11-31-12-13-32-14-15-33-18-19-35-22-24-37(26)23-1/h26-36H,1-25H2. The van der Waals surface area contributed by atoms with Crippen molar-refractivity contribution in [2.24, 2.45) is 0 Å². The maximum Gasteiger partial charge on any atom is 0.0221 e. The van der Waals surface area contributed by atoms with Crippen LogP contribution in [0.3, 0.4) is 0 Å². The van der Waals surface area contributed by atoms with Gasteiger partial charge in [-0.25, -0.2) is 0 Å². The number of nitrogens with one attached hydrogen (secondary N) is 10. The maximum atomic E-state index is 3.67. The molecule has 0 aromatic carbocycles. The Morgan fingerprint density at radius 3 is 1.11 bits per heavy atom. The van der Waals surface area contributed by atoms with Gasteiger partial charge in [-0.3, -0.25) is 4.90 Å². The van der Waals surface area contributed by atoms with Crippen molar-refractivity contribution >= 4 is 0 Å². The van der Waals surface area contributed by atoms with Crippen LogP contribution in [-0.4, -0.2) is 155 Å². The van der Waals surface area contributed by atoms with E-state index in [1.165, 1.54) is 25.8 Å². The van der Waals surface area contributed by atoms with Crippen LogP contribution in [0.2, 0.25) is 0 Å². The summed E-state index contributed by atoms with van der Waals surface area (Å²) < 4.78 is 0. The van der Waals surface area contributed by atoms with Crippen LogP contribution in [0.5, 0.6) is 0 Å². The molecule has 2 rings (SSSR count). The van der Waals surface area contributed by atoms with Gasteiger partial charge in [0.2, 0.25) is 0 Å². The van der Waals surface area contributed by atoms with Crippen LogP contribution in [-0.2, 0) is 0 Å². The van der Waals surface area contributed by atoms with Gasteiger partial charge in [0.05, 0.1) is 0 Å². The summed E-state index contributed by atoms with van der Waals surface area (Å²) in [6.45, 7) is 23.2. The average molecular weight is 528 g/mol. The van der Waals surface area contributed by atoms with Crippen molar-refractivity contribution < 1.29 is 0 Å². The first kappa shape index (κ1) is 32.8. The lowest BCUT2D eigenvalue weighted by Gasteiger charge is -2.25. The third-order valence-electron chi connectivity index (χ3n) is 6.99. The second-order valence-corrected chi connectivity index (χ2v) is 10.1. The zero-order valence-electron chi connectivity index (χ0n) is 23.7. The van der Waals surface area contributed by atoms with Gasteiger partial charge in [-0.1, -0.05) is 0 Å². The van der Waals surface area contributed by atoms with E-state index in [2.05, 4.69) is 58.1 Å². The predicted molar refractivity (Wildman–Crippen MR) is 158 cm³/mol. The van der Waals surface area contributed by atoms with Crippen molar-refractivity contribution in [1.29, 1.82) is 0 Å². The summed E-state index contributed by atoms with van der Waals surface area (Å²) in [6, 6.07) is 0.699. The minimum absolute atomic E-state index is 0.699. The van der Waals surface area contributed by atoms with Crippen LogP contribution in [0.25, 0.3) is 0 Å².